The van der Waals surface area contributed by atoms with E-state index in [1.54, 1.807) is 6.26 Å². The van der Waals surface area contributed by atoms with Crippen LogP contribution in [-0.4, -0.2) is 28.8 Å². The van der Waals surface area contributed by atoms with Gasteiger partial charge in [0.15, 0.2) is 5.96 Å². The highest BCUT2D eigenvalue weighted by Gasteiger charge is 2.13. The van der Waals surface area contributed by atoms with Gasteiger partial charge in [0.2, 0.25) is 0 Å². The predicted molar refractivity (Wildman–Crippen MR) is 117 cm³/mol. The van der Waals surface area contributed by atoms with E-state index >= 15 is 0 Å². The molecule has 0 aliphatic rings. The Labute approximate surface area is 173 Å². The molecule has 0 aliphatic carbocycles. The van der Waals surface area contributed by atoms with Gasteiger partial charge in [0, 0.05) is 37.8 Å². The van der Waals surface area contributed by atoms with Crippen LogP contribution in [0, 0.1) is 0 Å². The standard InChI is InChI=1S/C19H31N5O.HI/c1-5-11-20-19(21-12-10-15-9-8-13-25-15)22-14-16-17(6-2)23-24(4)18(16)7-3;/h8-9,13H,5-7,10-12,14H2,1-4H3,(H2,20,21,22);1H. The summed E-state index contributed by atoms with van der Waals surface area (Å²) in [5.74, 6) is 1.83. The molecule has 26 heavy (non-hydrogen) atoms. The molecule has 2 rings (SSSR count). The normalized spacial score (nSPS) is 11.3. The SMILES string of the molecule is CCCNC(=NCc1c(CC)nn(C)c1CC)NCCc1ccco1.I. The van der Waals surface area contributed by atoms with Gasteiger partial charge in [-0.05, 0) is 31.4 Å². The second-order valence-electron chi connectivity index (χ2n) is 6.05. The molecule has 0 aromatic carbocycles. The van der Waals surface area contributed by atoms with Gasteiger partial charge in [0.1, 0.15) is 5.76 Å². The zero-order valence-corrected chi connectivity index (χ0v) is 18.7. The molecule has 6 nitrogen and oxygen atoms in total. The molecule has 0 unspecified atom stereocenters. The summed E-state index contributed by atoms with van der Waals surface area (Å²) in [5, 5.41) is 11.4. The van der Waals surface area contributed by atoms with Crippen molar-refractivity contribution in [2.24, 2.45) is 12.0 Å². The number of halogens is 1. The van der Waals surface area contributed by atoms with Crippen LogP contribution in [0.25, 0.3) is 0 Å². The topological polar surface area (TPSA) is 67.4 Å². The number of furan rings is 1. The van der Waals surface area contributed by atoms with Crippen LogP contribution in [0.1, 0.15) is 49.9 Å². The highest BCUT2D eigenvalue weighted by molar-refractivity contribution is 14.0. The van der Waals surface area contributed by atoms with Gasteiger partial charge in [-0.1, -0.05) is 20.8 Å². The van der Waals surface area contributed by atoms with Crippen molar-refractivity contribution in [1.29, 1.82) is 0 Å². The average Bonchev–Trinajstić information content (AvgIpc) is 3.23. The highest BCUT2D eigenvalue weighted by atomic mass is 127. The van der Waals surface area contributed by atoms with Gasteiger partial charge >= 0.3 is 0 Å². The van der Waals surface area contributed by atoms with Crippen molar-refractivity contribution in [2.45, 2.75) is 53.0 Å². The third-order valence-corrected chi connectivity index (χ3v) is 4.21. The molecule has 0 amide bonds. The smallest absolute Gasteiger partial charge is 0.191 e. The minimum absolute atomic E-state index is 0. The van der Waals surface area contributed by atoms with E-state index in [2.05, 4.69) is 36.5 Å². The second kappa shape index (κ2) is 12.0. The molecule has 0 atom stereocenters. The van der Waals surface area contributed by atoms with E-state index in [-0.39, 0.29) is 24.0 Å². The number of aromatic nitrogens is 2. The molecule has 7 heteroatoms. The highest BCUT2D eigenvalue weighted by Crippen LogP contribution is 2.16. The quantitative estimate of drug-likeness (QED) is 0.333. The van der Waals surface area contributed by atoms with Crippen molar-refractivity contribution in [2.75, 3.05) is 13.1 Å². The number of nitrogens with one attached hydrogen (secondary N) is 2. The van der Waals surface area contributed by atoms with Crippen molar-refractivity contribution in [3.8, 4) is 0 Å². The fourth-order valence-electron chi connectivity index (χ4n) is 2.91. The summed E-state index contributed by atoms with van der Waals surface area (Å²) in [6.45, 7) is 8.81. The first-order valence-electron chi connectivity index (χ1n) is 9.27. The number of hydrogen-bond acceptors (Lipinski definition) is 3. The lowest BCUT2D eigenvalue weighted by atomic mass is 10.1. The van der Waals surface area contributed by atoms with Gasteiger partial charge in [0.25, 0.3) is 0 Å². The molecule has 0 saturated carbocycles. The van der Waals surface area contributed by atoms with Crippen LogP contribution < -0.4 is 10.6 Å². The number of guanidine groups is 1. The maximum atomic E-state index is 5.38. The molecule has 0 saturated heterocycles. The van der Waals surface area contributed by atoms with E-state index < -0.39 is 0 Å². The Kier molecular flexibility index (Phi) is 10.4. The Morgan fingerprint density at radius 2 is 1.96 bits per heavy atom. The zero-order chi connectivity index (χ0) is 18.1. The second-order valence-corrected chi connectivity index (χ2v) is 6.05. The van der Waals surface area contributed by atoms with Crippen LogP contribution in [-0.2, 0) is 32.9 Å². The third kappa shape index (κ3) is 6.34. The zero-order valence-electron chi connectivity index (χ0n) is 16.3. The molecule has 2 aromatic rings. The summed E-state index contributed by atoms with van der Waals surface area (Å²) in [5.41, 5.74) is 3.68. The summed E-state index contributed by atoms with van der Waals surface area (Å²) < 4.78 is 7.37. The summed E-state index contributed by atoms with van der Waals surface area (Å²) >= 11 is 0. The Morgan fingerprint density at radius 1 is 1.19 bits per heavy atom. The average molecular weight is 473 g/mol. The molecule has 0 aliphatic heterocycles. The van der Waals surface area contributed by atoms with Crippen molar-refractivity contribution in [3.05, 3.63) is 41.1 Å². The summed E-state index contributed by atoms with van der Waals surface area (Å²) in [4.78, 5) is 4.79. The van der Waals surface area contributed by atoms with E-state index in [0.29, 0.717) is 6.54 Å². The van der Waals surface area contributed by atoms with Crippen LogP contribution in [0.2, 0.25) is 0 Å². The lowest BCUT2D eigenvalue weighted by molar-refractivity contribution is 0.506. The summed E-state index contributed by atoms with van der Waals surface area (Å²) in [6.07, 6.45) is 5.51. The molecule has 0 bridgehead atoms. The van der Waals surface area contributed by atoms with Gasteiger partial charge in [-0.2, -0.15) is 5.10 Å². The molecular weight excluding hydrogens is 441 g/mol. The Bertz CT molecular complexity index is 664. The van der Waals surface area contributed by atoms with Crippen LogP contribution in [0.5, 0.6) is 0 Å². The Morgan fingerprint density at radius 3 is 2.58 bits per heavy atom. The molecule has 0 spiro atoms. The fourth-order valence-corrected chi connectivity index (χ4v) is 2.91. The van der Waals surface area contributed by atoms with E-state index in [1.165, 1.54) is 11.3 Å². The molecule has 0 radical (unpaired) electrons. The molecule has 2 N–H and O–H groups in total. The Hall–Kier alpha value is -1.51. The first-order chi connectivity index (χ1) is 12.2. The molecule has 2 heterocycles. The molecular formula is C19H32IN5O. The van der Waals surface area contributed by atoms with E-state index in [1.807, 2.05) is 23.9 Å². The van der Waals surface area contributed by atoms with Crippen LogP contribution >= 0.6 is 24.0 Å². The van der Waals surface area contributed by atoms with Gasteiger partial charge in [-0.15, -0.1) is 24.0 Å². The van der Waals surface area contributed by atoms with Crippen molar-refractivity contribution >= 4 is 29.9 Å². The first kappa shape index (κ1) is 22.5. The van der Waals surface area contributed by atoms with E-state index in [0.717, 1.165) is 56.2 Å². The van der Waals surface area contributed by atoms with Gasteiger partial charge < -0.3 is 15.1 Å². The molecule has 0 fully saturated rings. The largest absolute Gasteiger partial charge is 0.469 e. The maximum Gasteiger partial charge on any atom is 0.191 e. The third-order valence-electron chi connectivity index (χ3n) is 4.21. The minimum atomic E-state index is 0. The fraction of sp³-hybridized carbons (Fsp3) is 0.579. The predicted octanol–water partition coefficient (Wildman–Crippen LogP) is 3.44. The number of aryl methyl sites for hydroxylation is 2. The van der Waals surface area contributed by atoms with Crippen LogP contribution in [0.4, 0.5) is 0 Å². The lowest BCUT2D eigenvalue weighted by Gasteiger charge is -2.12. The van der Waals surface area contributed by atoms with Crippen LogP contribution in [0.3, 0.4) is 0 Å². The van der Waals surface area contributed by atoms with E-state index in [4.69, 9.17) is 9.41 Å². The van der Waals surface area contributed by atoms with E-state index in [9.17, 15) is 0 Å². The van der Waals surface area contributed by atoms with Gasteiger partial charge in [-0.25, -0.2) is 4.99 Å². The molecule has 146 valence electrons. The number of nitrogens with zero attached hydrogens (tertiary/aromatic N) is 3. The number of rotatable bonds is 9. The summed E-state index contributed by atoms with van der Waals surface area (Å²) in [7, 11) is 2.02. The van der Waals surface area contributed by atoms with Crippen molar-refractivity contribution in [1.82, 2.24) is 20.4 Å². The van der Waals surface area contributed by atoms with Crippen LogP contribution in [0.15, 0.2) is 27.8 Å². The van der Waals surface area contributed by atoms with Gasteiger partial charge in [0.05, 0.1) is 18.5 Å². The van der Waals surface area contributed by atoms with Crippen molar-refractivity contribution in [3.63, 3.8) is 0 Å². The summed E-state index contributed by atoms with van der Waals surface area (Å²) in [6, 6.07) is 3.91. The monoisotopic (exact) mass is 473 g/mol. The molecule has 2 aromatic heterocycles. The van der Waals surface area contributed by atoms with Gasteiger partial charge in [-0.3, -0.25) is 4.68 Å². The van der Waals surface area contributed by atoms with Crippen molar-refractivity contribution < 1.29 is 4.42 Å². The number of hydrogen-bond donors (Lipinski definition) is 2. The first-order valence-corrected chi connectivity index (χ1v) is 9.27. The number of aliphatic imine (C=N–C) groups is 1. The Balaban J connectivity index is 0.00000338. The minimum Gasteiger partial charge on any atom is -0.469 e. The lowest BCUT2D eigenvalue weighted by Crippen LogP contribution is -2.38. The maximum absolute atomic E-state index is 5.38.